The van der Waals surface area contributed by atoms with Gasteiger partial charge in [-0.15, -0.1) is 0 Å². The van der Waals surface area contributed by atoms with Crippen LogP contribution < -0.4 is 10.5 Å². The topological polar surface area (TPSA) is 89.3 Å². The normalized spacial score (nSPS) is 11.2. The number of hydrogen-bond acceptors (Lipinski definition) is 3. The molecule has 0 fully saturated rings. The lowest BCUT2D eigenvalue weighted by Crippen LogP contribution is -2.15. The Bertz CT molecular complexity index is 809. The average molecular weight is 373 g/mol. The summed E-state index contributed by atoms with van der Waals surface area (Å²) in [7, 11) is -3.87. The summed E-state index contributed by atoms with van der Waals surface area (Å²) in [4.78, 5) is 11.9. The van der Waals surface area contributed by atoms with Crippen LogP contribution in [0.3, 0.4) is 0 Å². The van der Waals surface area contributed by atoms with Crippen molar-refractivity contribution in [2.24, 2.45) is 5.14 Å². The number of carbonyl (C=O) groups excluding carboxylic acids is 1. The van der Waals surface area contributed by atoms with Gasteiger partial charge >= 0.3 is 0 Å². The summed E-state index contributed by atoms with van der Waals surface area (Å²) < 4.78 is 36.6. The number of nitrogens with two attached hydrogens (primary N) is 1. The number of benzene rings is 2. The molecule has 8 heteroatoms. The first-order chi connectivity index (χ1) is 9.77. The van der Waals surface area contributed by atoms with Gasteiger partial charge in [0.1, 0.15) is 5.82 Å². The first-order valence-electron chi connectivity index (χ1n) is 5.66. The number of nitrogens with one attached hydrogen (secondary N) is 1. The summed E-state index contributed by atoms with van der Waals surface area (Å²) in [5.41, 5.74) is 0.0382. The van der Waals surface area contributed by atoms with Crippen LogP contribution in [0.1, 0.15) is 10.4 Å². The van der Waals surface area contributed by atoms with E-state index in [1.165, 1.54) is 36.4 Å². The quantitative estimate of drug-likeness (QED) is 0.866. The van der Waals surface area contributed by atoms with Crippen molar-refractivity contribution < 1.29 is 17.6 Å². The summed E-state index contributed by atoms with van der Waals surface area (Å²) in [5, 5.41) is 7.42. The van der Waals surface area contributed by atoms with Crippen molar-refractivity contribution in [3.63, 3.8) is 0 Å². The molecular weight excluding hydrogens is 363 g/mol. The van der Waals surface area contributed by atoms with E-state index in [-0.39, 0.29) is 16.1 Å². The monoisotopic (exact) mass is 372 g/mol. The highest BCUT2D eigenvalue weighted by Gasteiger charge is 2.14. The average Bonchev–Trinajstić information content (AvgIpc) is 2.41. The molecule has 0 bridgehead atoms. The molecule has 1 amide bonds. The van der Waals surface area contributed by atoms with Gasteiger partial charge in [-0.25, -0.2) is 17.9 Å². The summed E-state index contributed by atoms with van der Waals surface area (Å²) >= 11 is 3.15. The van der Waals surface area contributed by atoms with E-state index in [2.05, 4.69) is 21.2 Å². The minimum atomic E-state index is -3.87. The molecular formula is C13H10BrFN2O3S. The maximum atomic E-state index is 13.6. The van der Waals surface area contributed by atoms with E-state index in [0.717, 1.165) is 6.07 Å². The molecule has 0 aliphatic carbocycles. The maximum absolute atomic E-state index is 13.6. The molecule has 2 aromatic rings. The van der Waals surface area contributed by atoms with Gasteiger partial charge < -0.3 is 5.32 Å². The lowest BCUT2D eigenvalue weighted by atomic mass is 10.2. The highest BCUT2D eigenvalue weighted by Crippen LogP contribution is 2.19. The molecule has 0 aromatic heterocycles. The number of carbonyl (C=O) groups is 1. The Morgan fingerprint density at radius 3 is 2.57 bits per heavy atom. The minimum Gasteiger partial charge on any atom is -0.322 e. The van der Waals surface area contributed by atoms with E-state index >= 15 is 0 Å². The number of hydrogen-bond donors (Lipinski definition) is 2. The second-order valence-corrected chi connectivity index (χ2v) is 6.63. The number of amides is 1. The van der Waals surface area contributed by atoms with Gasteiger partial charge in [0.05, 0.1) is 10.5 Å². The van der Waals surface area contributed by atoms with E-state index < -0.39 is 21.7 Å². The maximum Gasteiger partial charge on any atom is 0.258 e. The minimum absolute atomic E-state index is 0.144. The number of rotatable bonds is 3. The van der Waals surface area contributed by atoms with Crippen LogP contribution in [-0.4, -0.2) is 14.3 Å². The molecule has 3 N–H and O–H groups in total. The van der Waals surface area contributed by atoms with Crippen LogP contribution in [0, 0.1) is 5.82 Å². The number of sulfonamides is 1. The SMILES string of the molecule is NS(=O)(=O)c1cccc(NC(=O)c2cc(Br)ccc2F)c1. The Morgan fingerprint density at radius 2 is 1.90 bits per heavy atom. The fourth-order valence-corrected chi connectivity index (χ4v) is 2.54. The smallest absolute Gasteiger partial charge is 0.258 e. The van der Waals surface area contributed by atoms with Crippen molar-refractivity contribution >= 4 is 37.5 Å². The summed E-state index contributed by atoms with van der Waals surface area (Å²) in [6, 6.07) is 9.34. The lowest BCUT2D eigenvalue weighted by molar-refractivity contribution is 0.102. The van der Waals surface area contributed by atoms with Crippen molar-refractivity contribution in [2.75, 3.05) is 5.32 Å². The summed E-state index contributed by atoms with van der Waals surface area (Å²) in [6.07, 6.45) is 0. The molecule has 0 heterocycles. The molecule has 110 valence electrons. The van der Waals surface area contributed by atoms with Crippen LogP contribution in [0.25, 0.3) is 0 Å². The Kier molecular flexibility index (Phi) is 4.40. The van der Waals surface area contributed by atoms with Crippen LogP contribution >= 0.6 is 15.9 Å². The van der Waals surface area contributed by atoms with Crippen molar-refractivity contribution in [1.29, 1.82) is 0 Å². The Labute approximate surface area is 129 Å². The van der Waals surface area contributed by atoms with Gasteiger partial charge in [-0.05, 0) is 36.4 Å². The molecule has 21 heavy (non-hydrogen) atoms. The molecule has 2 aromatic carbocycles. The van der Waals surface area contributed by atoms with Gasteiger partial charge in [-0.1, -0.05) is 22.0 Å². The molecule has 0 spiro atoms. The first kappa shape index (κ1) is 15.6. The highest BCUT2D eigenvalue weighted by atomic mass is 79.9. The Balaban J connectivity index is 2.30. The fourth-order valence-electron chi connectivity index (χ4n) is 1.62. The molecule has 0 saturated heterocycles. The van der Waals surface area contributed by atoms with Crippen LogP contribution in [0.2, 0.25) is 0 Å². The van der Waals surface area contributed by atoms with E-state index in [1.807, 2.05) is 0 Å². The van der Waals surface area contributed by atoms with Gasteiger partial charge in [0, 0.05) is 10.2 Å². The zero-order chi connectivity index (χ0) is 15.6. The zero-order valence-electron chi connectivity index (χ0n) is 10.5. The van der Waals surface area contributed by atoms with Gasteiger partial charge in [0.15, 0.2) is 0 Å². The van der Waals surface area contributed by atoms with E-state index in [0.29, 0.717) is 4.47 Å². The number of primary sulfonamides is 1. The van der Waals surface area contributed by atoms with E-state index in [4.69, 9.17) is 5.14 Å². The van der Waals surface area contributed by atoms with Crippen molar-refractivity contribution in [1.82, 2.24) is 0 Å². The molecule has 0 aliphatic heterocycles. The molecule has 0 aliphatic rings. The van der Waals surface area contributed by atoms with Gasteiger partial charge in [-0.3, -0.25) is 4.79 Å². The van der Waals surface area contributed by atoms with Crippen LogP contribution in [0.5, 0.6) is 0 Å². The zero-order valence-corrected chi connectivity index (χ0v) is 12.9. The third kappa shape index (κ3) is 3.87. The summed E-state index contributed by atoms with van der Waals surface area (Å²) in [5.74, 6) is -1.38. The molecule has 0 saturated carbocycles. The molecule has 0 unspecified atom stereocenters. The highest BCUT2D eigenvalue weighted by molar-refractivity contribution is 9.10. The van der Waals surface area contributed by atoms with Gasteiger partial charge in [0.2, 0.25) is 10.0 Å². The Morgan fingerprint density at radius 1 is 1.19 bits per heavy atom. The fraction of sp³-hybridized carbons (Fsp3) is 0. The third-order valence-electron chi connectivity index (χ3n) is 2.59. The van der Waals surface area contributed by atoms with Crippen molar-refractivity contribution in [3.8, 4) is 0 Å². The first-order valence-corrected chi connectivity index (χ1v) is 8.00. The molecule has 0 atom stereocenters. The third-order valence-corrected chi connectivity index (χ3v) is 4.00. The molecule has 2 rings (SSSR count). The van der Waals surface area contributed by atoms with Gasteiger partial charge in [0.25, 0.3) is 5.91 Å². The van der Waals surface area contributed by atoms with E-state index in [9.17, 15) is 17.6 Å². The second-order valence-electron chi connectivity index (χ2n) is 4.15. The van der Waals surface area contributed by atoms with Crippen LogP contribution in [0.4, 0.5) is 10.1 Å². The van der Waals surface area contributed by atoms with Crippen LogP contribution in [0.15, 0.2) is 51.8 Å². The largest absolute Gasteiger partial charge is 0.322 e. The van der Waals surface area contributed by atoms with E-state index in [1.54, 1.807) is 0 Å². The second kappa shape index (κ2) is 5.92. The molecule has 0 radical (unpaired) electrons. The lowest BCUT2D eigenvalue weighted by Gasteiger charge is -2.08. The van der Waals surface area contributed by atoms with Crippen molar-refractivity contribution in [2.45, 2.75) is 4.90 Å². The molecule has 5 nitrogen and oxygen atoms in total. The van der Waals surface area contributed by atoms with Crippen molar-refractivity contribution in [3.05, 3.63) is 58.3 Å². The standard InChI is InChI=1S/C13H10BrFN2O3S/c14-8-4-5-12(15)11(6-8)13(18)17-9-2-1-3-10(7-9)21(16,19)20/h1-7H,(H,17,18)(H2,16,19,20). The summed E-state index contributed by atoms with van der Waals surface area (Å²) in [6.45, 7) is 0. The number of anilines is 1. The number of halogens is 2. The van der Waals surface area contributed by atoms with Crippen LogP contribution in [-0.2, 0) is 10.0 Å². The Hall–Kier alpha value is -1.77. The predicted octanol–water partition coefficient (Wildman–Crippen LogP) is 2.49. The van der Waals surface area contributed by atoms with Gasteiger partial charge in [-0.2, -0.15) is 0 Å². The predicted molar refractivity (Wildman–Crippen MR) is 79.9 cm³/mol.